The number of hydrogen-bond donors (Lipinski definition) is 1. The van der Waals surface area contributed by atoms with Gasteiger partial charge in [-0.3, -0.25) is 0 Å². The number of benzene rings is 1. The highest BCUT2D eigenvalue weighted by Gasteiger charge is 2.31. The molecule has 1 atom stereocenters. The van der Waals surface area contributed by atoms with Crippen molar-refractivity contribution in [3.8, 4) is 11.5 Å². The second-order valence-electron chi connectivity index (χ2n) is 5.26. The van der Waals surface area contributed by atoms with Gasteiger partial charge in [-0.2, -0.15) is 0 Å². The van der Waals surface area contributed by atoms with Crippen LogP contribution in [-0.2, 0) is 0 Å². The quantitative estimate of drug-likeness (QED) is 0.823. The zero-order chi connectivity index (χ0) is 14.3. The van der Waals surface area contributed by atoms with Gasteiger partial charge in [-0.25, -0.2) is 0 Å². The molecular formula is C15H16BrNO2S. The zero-order valence-electron chi connectivity index (χ0n) is 11.6. The molecule has 20 heavy (non-hydrogen) atoms. The minimum Gasteiger partial charge on any atom is -0.449 e. The molecule has 0 bridgehead atoms. The van der Waals surface area contributed by atoms with Gasteiger partial charge in [-0.1, -0.05) is 0 Å². The Bertz CT molecular complexity index is 639. The largest absolute Gasteiger partial charge is 0.449 e. The van der Waals surface area contributed by atoms with Crippen LogP contribution in [0.3, 0.4) is 0 Å². The molecule has 1 aliphatic heterocycles. The lowest BCUT2D eigenvalue weighted by Gasteiger charge is -2.16. The van der Waals surface area contributed by atoms with Gasteiger partial charge in [0.1, 0.15) is 0 Å². The van der Waals surface area contributed by atoms with Crippen molar-refractivity contribution in [2.75, 3.05) is 5.32 Å². The van der Waals surface area contributed by atoms with E-state index in [1.54, 1.807) is 11.3 Å². The third kappa shape index (κ3) is 2.65. The summed E-state index contributed by atoms with van der Waals surface area (Å²) < 4.78 is 12.6. The Labute approximate surface area is 131 Å². The van der Waals surface area contributed by atoms with Gasteiger partial charge in [-0.15, -0.1) is 11.3 Å². The molecule has 1 aliphatic rings. The predicted octanol–water partition coefficient (Wildman–Crippen LogP) is 5.19. The Morgan fingerprint density at radius 2 is 1.95 bits per heavy atom. The summed E-state index contributed by atoms with van der Waals surface area (Å²) in [6, 6.07) is 8.25. The van der Waals surface area contributed by atoms with Crippen molar-refractivity contribution in [2.45, 2.75) is 32.6 Å². The number of hydrogen-bond acceptors (Lipinski definition) is 4. The second-order valence-corrected chi connectivity index (χ2v) is 7.07. The molecule has 0 aliphatic carbocycles. The fraction of sp³-hybridized carbons (Fsp3) is 0.333. The number of fused-ring (bicyclic) bond motifs is 1. The molecule has 0 saturated carbocycles. The van der Waals surface area contributed by atoms with Gasteiger partial charge in [0.05, 0.1) is 6.04 Å². The first-order chi connectivity index (χ1) is 9.44. The molecule has 0 saturated heterocycles. The summed E-state index contributed by atoms with van der Waals surface area (Å²) >= 11 is 5.31. The SMILES string of the molecule is CC(Nc1ccc2c(c1)OC(C)(C)O2)c1sccc1Br. The number of anilines is 1. The Morgan fingerprint density at radius 3 is 2.65 bits per heavy atom. The smallest absolute Gasteiger partial charge is 0.246 e. The molecular weight excluding hydrogens is 338 g/mol. The van der Waals surface area contributed by atoms with E-state index in [2.05, 4.69) is 39.6 Å². The number of thiophene rings is 1. The lowest BCUT2D eigenvalue weighted by atomic mass is 10.2. The molecule has 0 radical (unpaired) electrons. The van der Waals surface area contributed by atoms with E-state index in [-0.39, 0.29) is 6.04 Å². The number of rotatable bonds is 3. The fourth-order valence-electron chi connectivity index (χ4n) is 2.24. The van der Waals surface area contributed by atoms with Crippen LogP contribution in [0.25, 0.3) is 0 Å². The van der Waals surface area contributed by atoms with Gasteiger partial charge in [0.2, 0.25) is 5.79 Å². The fourth-order valence-corrected chi connectivity index (χ4v) is 3.97. The van der Waals surface area contributed by atoms with Crippen molar-refractivity contribution in [3.05, 3.63) is 39.0 Å². The zero-order valence-corrected chi connectivity index (χ0v) is 14.0. The maximum atomic E-state index is 5.76. The second kappa shape index (κ2) is 4.97. The maximum Gasteiger partial charge on any atom is 0.246 e. The first-order valence-corrected chi connectivity index (χ1v) is 8.13. The summed E-state index contributed by atoms with van der Waals surface area (Å²) in [5.41, 5.74) is 1.03. The van der Waals surface area contributed by atoms with E-state index in [0.29, 0.717) is 0 Å². The molecule has 3 rings (SSSR count). The number of nitrogens with one attached hydrogen (secondary N) is 1. The average Bonchev–Trinajstić information content (AvgIpc) is 2.90. The van der Waals surface area contributed by atoms with Crippen molar-refractivity contribution in [3.63, 3.8) is 0 Å². The first-order valence-electron chi connectivity index (χ1n) is 6.46. The maximum absolute atomic E-state index is 5.76. The summed E-state index contributed by atoms with van der Waals surface area (Å²) in [5, 5.41) is 5.57. The molecule has 1 N–H and O–H groups in total. The molecule has 5 heteroatoms. The average molecular weight is 354 g/mol. The summed E-state index contributed by atoms with van der Waals surface area (Å²) in [5.74, 6) is 1.01. The van der Waals surface area contributed by atoms with Crippen LogP contribution in [0, 0.1) is 0 Å². The van der Waals surface area contributed by atoms with Crippen molar-refractivity contribution < 1.29 is 9.47 Å². The first kappa shape index (κ1) is 13.8. The van der Waals surface area contributed by atoms with Crippen LogP contribution in [0.15, 0.2) is 34.1 Å². The summed E-state index contributed by atoms with van der Waals surface area (Å²) in [6.45, 7) is 5.96. The molecule has 0 amide bonds. The number of halogens is 1. The van der Waals surface area contributed by atoms with E-state index >= 15 is 0 Å². The van der Waals surface area contributed by atoms with E-state index in [1.165, 1.54) is 4.88 Å². The van der Waals surface area contributed by atoms with Gasteiger partial charge in [0, 0.05) is 35.0 Å². The van der Waals surface area contributed by atoms with Crippen molar-refractivity contribution in [1.29, 1.82) is 0 Å². The normalized spacial score (nSPS) is 17.0. The van der Waals surface area contributed by atoms with Crippen LogP contribution < -0.4 is 14.8 Å². The Morgan fingerprint density at radius 1 is 1.20 bits per heavy atom. The van der Waals surface area contributed by atoms with Crippen LogP contribution >= 0.6 is 27.3 Å². The highest BCUT2D eigenvalue weighted by atomic mass is 79.9. The van der Waals surface area contributed by atoms with Gasteiger partial charge < -0.3 is 14.8 Å². The van der Waals surface area contributed by atoms with Crippen LogP contribution in [0.1, 0.15) is 31.7 Å². The number of ether oxygens (including phenoxy) is 2. The Hall–Kier alpha value is -1.20. The topological polar surface area (TPSA) is 30.5 Å². The van der Waals surface area contributed by atoms with E-state index in [9.17, 15) is 0 Å². The van der Waals surface area contributed by atoms with E-state index in [1.807, 2.05) is 32.0 Å². The van der Waals surface area contributed by atoms with Crippen LogP contribution in [-0.4, -0.2) is 5.79 Å². The molecule has 0 spiro atoms. The minimum absolute atomic E-state index is 0.234. The molecule has 2 heterocycles. The van der Waals surface area contributed by atoms with Gasteiger partial charge in [-0.05, 0) is 46.4 Å². The van der Waals surface area contributed by atoms with Crippen molar-refractivity contribution >= 4 is 33.0 Å². The third-order valence-electron chi connectivity index (χ3n) is 3.08. The van der Waals surface area contributed by atoms with Crippen molar-refractivity contribution in [2.24, 2.45) is 0 Å². The summed E-state index contributed by atoms with van der Waals surface area (Å²) in [6.07, 6.45) is 0. The van der Waals surface area contributed by atoms with E-state index in [0.717, 1.165) is 21.7 Å². The van der Waals surface area contributed by atoms with Gasteiger partial charge in [0.25, 0.3) is 0 Å². The molecule has 2 aromatic rings. The van der Waals surface area contributed by atoms with Crippen LogP contribution in [0.5, 0.6) is 11.5 Å². The monoisotopic (exact) mass is 353 g/mol. The predicted molar refractivity (Wildman–Crippen MR) is 85.8 cm³/mol. The molecule has 1 aromatic carbocycles. The lowest BCUT2D eigenvalue weighted by molar-refractivity contribution is -0.0431. The molecule has 1 unspecified atom stereocenters. The minimum atomic E-state index is -0.580. The van der Waals surface area contributed by atoms with Crippen LogP contribution in [0.4, 0.5) is 5.69 Å². The highest BCUT2D eigenvalue weighted by Crippen LogP contribution is 2.41. The van der Waals surface area contributed by atoms with Crippen LogP contribution in [0.2, 0.25) is 0 Å². The Balaban J connectivity index is 1.79. The van der Waals surface area contributed by atoms with Crippen molar-refractivity contribution in [1.82, 2.24) is 0 Å². The highest BCUT2D eigenvalue weighted by molar-refractivity contribution is 9.10. The standard InChI is InChI=1S/C15H16BrNO2S/c1-9(14-11(16)6-7-20-14)17-10-4-5-12-13(8-10)19-15(2,3)18-12/h4-9,17H,1-3H3. The van der Waals surface area contributed by atoms with E-state index in [4.69, 9.17) is 9.47 Å². The lowest BCUT2D eigenvalue weighted by Crippen LogP contribution is -2.29. The van der Waals surface area contributed by atoms with Gasteiger partial charge in [0.15, 0.2) is 11.5 Å². The third-order valence-corrected chi connectivity index (χ3v) is 5.13. The molecule has 106 valence electrons. The summed E-state index contributed by atoms with van der Waals surface area (Å²) in [7, 11) is 0. The van der Waals surface area contributed by atoms with E-state index < -0.39 is 5.79 Å². The van der Waals surface area contributed by atoms with Gasteiger partial charge >= 0.3 is 0 Å². The summed E-state index contributed by atoms with van der Waals surface area (Å²) in [4.78, 5) is 1.28. The molecule has 1 aromatic heterocycles. The molecule has 3 nitrogen and oxygen atoms in total. The molecule has 0 fully saturated rings. The Kier molecular flexibility index (Phi) is 3.42.